The molecule has 136 valence electrons. The van der Waals surface area contributed by atoms with Crippen LogP contribution in [-0.4, -0.2) is 26.6 Å². The molecule has 0 saturated heterocycles. The fourth-order valence-electron chi connectivity index (χ4n) is 3.61. The lowest BCUT2D eigenvalue weighted by Gasteiger charge is -2.12. The third-order valence-corrected chi connectivity index (χ3v) is 5.01. The van der Waals surface area contributed by atoms with E-state index in [0.29, 0.717) is 12.6 Å². The Morgan fingerprint density at radius 2 is 1.93 bits per heavy atom. The molecule has 4 aromatic rings. The SMILES string of the molecule is COc1ccc2nc(C)nc(NCc3nc4ccccc4n3C3CC3)c2c1. The number of aromatic nitrogens is 4. The summed E-state index contributed by atoms with van der Waals surface area (Å²) in [4.78, 5) is 14.0. The van der Waals surface area contributed by atoms with Crippen molar-refractivity contribution in [3.8, 4) is 5.75 Å². The Hall–Kier alpha value is -3.15. The molecule has 0 unspecified atom stereocenters. The Bertz CT molecular complexity index is 1150. The van der Waals surface area contributed by atoms with E-state index >= 15 is 0 Å². The Morgan fingerprint density at radius 1 is 1.07 bits per heavy atom. The molecule has 27 heavy (non-hydrogen) atoms. The van der Waals surface area contributed by atoms with Gasteiger partial charge in [-0.05, 0) is 50.1 Å². The Kier molecular flexibility index (Phi) is 3.70. The summed E-state index contributed by atoms with van der Waals surface area (Å²) in [6.07, 6.45) is 2.44. The predicted octanol–water partition coefficient (Wildman–Crippen LogP) is 4.24. The highest BCUT2D eigenvalue weighted by Gasteiger charge is 2.28. The van der Waals surface area contributed by atoms with E-state index in [1.165, 1.54) is 18.4 Å². The van der Waals surface area contributed by atoms with Crippen LogP contribution in [-0.2, 0) is 6.54 Å². The third-order valence-electron chi connectivity index (χ3n) is 5.01. The zero-order chi connectivity index (χ0) is 18.4. The average Bonchev–Trinajstić information content (AvgIpc) is 3.45. The first-order chi connectivity index (χ1) is 13.2. The Labute approximate surface area is 157 Å². The molecular weight excluding hydrogens is 338 g/mol. The van der Waals surface area contributed by atoms with Crippen molar-refractivity contribution in [1.82, 2.24) is 19.5 Å². The number of methoxy groups -OCH3 is 1. The molecule has 1 fully saturated rings. The van der Waals surface area contributed by atoms with Crippen LogP contribution in [0.15, 0.2) is 42.5 Å². The van der Waals surface area contributed by atoms with Crippen LogP contribution in [0.25, 0.3) is 21.9 Å². The maximum absolute atomic E-state index is 5.37. The summed E-state index contributed by atoms with van der Waals surface area (Å²) in [5.41, 5.74) is 3.16. The third kappa shape index (κ3) is 2.87. The molecule has 0 spiro atoms. The minimum absolute atomic E-state index is 0.568. The second-order valence-electron chi connectivity index (χ2n) is 6.97. The van der Waals surface area contributed by atoms with E-state index in [4.69, 9.17) is 9.72 Å². The Morgan fingerprint density at radius 3 is 2.74 bits per heavy atom. The zero-order valence-corrected chi connectivity index (χ0v) is 15.4. The molecule has 1 aliphatic rings. The van der Waals surface area contributed by atoms with Crippen molar-refractivity contribution in [3.05, 3.63) is 54.1 Å². The van der Waals surface area contributed by atoms with Crippen LogP contribution in [0.4, 0.5) is 5.82 Å². The molecule has 1 N–H and O–H groups in total. The van der Waals surface area contributed by atoms with Crippen molar-refractivity contribution in [2.45, 2.75) is 32.4 Å². The molecule has 2 aromatic carbocycles. The average molecular weight is 359 g/mol. The highest BCUT2D eigenvalue weighted by molar-refractivity contribution is 5.90. The van der Waals surface area contributed by atoms with E-state index in [2.05, 4.69) is 38.1 Å². The van der Waals surface area contributed by atoms with E-state index in [1.54, 1.807) is 7.11 Å². The predicted molar refractivity (Wildman–Crippen MR) is 106 cm³/mol. The van der Waals surface area contributed by atoms with Gasteiger partial charge >= 0.3 is 0 Å². The maximum atomic E-state index is 5.37. The van der Waals surface area contributed by atoms with Gasteiger partial charge in [0.1, 0.15) is 23.2 Å². The van der Waals surface area contributed by atoms with Crippen molar-refractivity contribution in [2.24, 2.45) is 0 Å². The number of rotatable bonds is 5. The first kappa shape index (κ1) is 16.1. The lowest BCUT2D eigenvalue weighted by Crippen LogP contribution is -2.10. The van der Waals surface area contributed by atoms with Crippen LogP contribution in [0, 0.1) is 6.92 Å². The van der Waals surface area contributed by atoms with Gasteiger partial charge in [-0.3, -0.25) is 0 Å². The second kappa shape index (κ2) is 6.23. The molecule has 2 heterocycles. The summed E-state index contributed by atoms with van der Waals surface area (Å²) >= 11 is 0. The molecule has 5 rings (SSSR count). The van der Waals surface area contributed by atoms with Crippen molar-refractivity contribution >= 4 is 27.8 Å². The minimum Gasteiger partial charge on any atom is -0.497 e. The molecule has 1 aliphatic carbocycles. The van der Waals surface area contributed by atoms with Gasteiger partial charge in [0.25, 0.3) is 0 Å². The van der Waals surface area contributed by atoms with Gasteiger partial charge in [0.05, 0.1) is 30.2 Å². The van der Waals surface area contributed by atoms with Gasteiger partial charge in [0.15, 0.2) is 0 Å². The van der Waals surface area contributed by atoms with Crippen LogP contribution in [0.3, 0.4) is 0 Å². The number of hydrogen-bond donors (Lipinski definition) is 1. The number of imidazole rings is 1. The molecule has 0 amide bonds. The molecule has 6 heteroatoms. The van der Waals surface area contributed by atoms with Crippen LogP contribution in [0.1, 0.15) is 30.5 Å². The molecule has 0 atom stereocenters. The first-order valence-corrected chi connectivity index (χ1v) is 9.25. The van der Waals surface area contributed by atoms with E-state index in [-0.39, 0.29) is 0 Å². The number of anilines is 1. The van der Waals surface area contributed by atoms with Gasteiger partial charge in [0.2, 0.25) is 0 Å². The van der Waals surface area contributed by atoms with Crippen molar-refractivity contribution < 1.29 is 4.74 Å². The quantitative estimate of drug-likeness (QED) is 0.577. The molecule has 0 radical (unpaired) electrons. The molecule has 1 saturated carbocycles. The number of nitrogens with one attached hydrogen (secondary N) is 1. The fraction of sp³-hybridized carbons (Fsp3) is 0.286. The van der Waals surface area contributed by atoms with Gasteiger partial charge in [0, 0.05) is 11.4 Å². The monoisotopic (exact) mass is 359 g/mol. The summed E-state index contributed by atoms with van der Waals surface area (Å²) < 4.78 is 7.74. The molecule has 2 aromatic heterocycles. The molecular formula is C21H21N5O. The summed E-state index contributed by atoms with van der Waals surface area (Å²) in [6, 6.07) is 14.8. The number of para-hydroxylation sites is 2. The van der Waals surface area contributed by atoms with E-state index < -0.39 is 0 Å². The highest BCUT2D eigenvalue weighted by atomic mass is 16.5. The standard InChI is InChI=1S/C21H21N5O/c1-13-23-17-10-9-15(27-2)11-16(17)21(24-13)22-12-20-25-18-5-3-4-6-19(18)26(20)14-7-8-14/h3-6,9-11,14H,7-8,12H2,1-2H3,(H,22,23,24). The number of benzene rings is 2. The van der Waals surface area contributed by atoms with Crippen LogP contribution in [0.5, 0.6) is 5.75 Å². The highest BCUT2D eigenvalue weighted by Crippen LogP contribution is 2.38. The van der Waals surface area contributed by atoms with Gasteiger partial charge in [-0.2, -0.15) is 0 Å². The largest absolute Gasteiger partial charge is 0.497 e. The topological polar surface area (TPSA) is 64.9 Å². The van der Waals surface area contributed by atoms with Crippen molar-refractivity contribution in [2.75, 3.05) is 12.4 Å². The van der Waals surface area contributed by atoms with Gasteiger partial charge in [-0.15, -0.1) is 0 Å². The number of ether oxygens (including phenoxy) is 1. The number of nitrogens with zero attached hydrogens (tertiary/aromatic N) is 4. The van der Waals surface area contributed by atoms with Gasteiger partial charge in [-0.25, -0.2) is 15.0 Å². The summed E-state index contributed by atoms with van der Waals surface area (Å²) in [6.45, 7) is 2.53. The van der Waals surface area contributed by atoms with Crippen LogP contribution in [0.2, 0.25) is 0 Å². The van der Waals surface area contributed by atoms with E-state index in [0.717, 1.165) is 39.6 Å². The summed E-state index contributed by atoms with van der Waals surface area (Å²) in [5, 5.41) is 4.44. The zero-order valence-electron chi connectivity index (χ0n) is 15.4. The minimum atomic E-state index is 0.568. The van der Waals surface area contributed by atoms with Crippen molar-refractivity contribution in [3.63, 3.8) is 0 Å². The number of aryl methyl sites for hydroxylation is 1. The lowest BCUT2D eigenvalue weighted by atomic mass is 10.2. The van der Waals surface area contributed by atoms with Gasteiger partial charge < -0.3 is 14.6 Å². The maximum Gasteiger partial charge on any atom is 0.138 e. The van der Waals surface area contributed by atoms with E-state index in [9.17, 15) is 0 Å². The van der Waals surface area contributed by atoms with E-state index in [1.807, 2.05) is 31.2 Å². The smallest absolute Gasteiger partial charge is 0.138 e. The number of fused-ring (bicyclic) bond motifs is 2. The van der Waals surface area contributed by atoms with Gasteiger partial charge in [-0.1, -0.05) is 12.1 Å². The first-order valence-electron chi connectivity index (χ1n) is 9.25. The lowest BCUT2D eigenvalue weighted by molar-refractivity contribution is 0.415. The molecule has 6 nitrogen and oxygen atoms in total. The number of hydrogen-bond acceptors (Lipinski definition) is 5. The van der Waals surface area contributed by atoms with Crippen LogP contribution >= 0.6 is 0 Å². The normalized spacial score (nSPS) is 14.0. The second-order valence-corrected chi connectivity index (χ2v) is 6.97. The van der Waals surface area contributed by atoms with Crippen LogP contribution < -0.4 is 10.1 Å². The van der Waals surface area contributed by atoms with Crippen molar-refractivity contribution in [1.29, 1.82) is 0 Å². The molecule has 0 aliphatic heterocycles. The molecule has 0 bridgehead atoms. The summed E-state index contributed by atoms with van der Waals surface area (Å²) in [7, 11) is 1.67. The fourth-order valence-corrected chi connectivity index (χ4v) is 3.61. The Balaban J connectivity index is 1.53. The summed E-state index contributed by atoms with van der Waals surface area (Å²) in [5.74, 6) is 3.39.